The third-order valence-electron chi connectivity index (χ3n) is 8.20. The van der Waals surface area contributed by atoms with Gasteiger partial charge in [-0.25, -0.2) is 0 Å². The van der Waals surface area contributed by atoms with E-state index in [2.05, 4.69) is 9.47 Å². The molecule has 0 radical (unpaired) electrons. The van der Waals surface area contributed by atoms with Crippen LogP contribution in [0.25, 0.3) is 0 Å². The molecule has 0 spiro atoms. The molecule has 0 aliphatic rings. The molecule has 15 nitrogen and oxygen atoms in total. The Labute approximate surface area is 389 Å². The zero-order chi connectivity index (χ0) is 51.6. The molecule has 0 saturated heterocycles. The molecule has 29 heteroatoms. The van der Waals surface area contributed by atoms with Crippen LogP contribution in [-0.4, -0.2) is 215 Å². The van der Waals surface area contributed by atoms with E-state index < -0.39 is 67.4 Å². The smallest absolute Gasteiger partial charge is 0.460 e. The minimum Gasteiger partial charge on any atom is -0.487 e. The molecule has 0 fully saturated rings. The lowest BCUT2D eigenvalue weighted by Gasteiger charge is -2.28. The highest BCUT2D eigenvalue weighted by Crippen LogP contribution is 2.48. The second-order valence-corrected chi connectivity index (χ2v) is 13.7. The predicted octanol–water partition coefficient (Wildman–Crippen LogP) is 6.46. The van der Waals surface area contributed by atoms with Crippen molar-refractivity contribution in [2.45, 2.75) is 42.6 Å². The first-order chi connectivity index (χ1) is 32.6. The highest BCUT2D eigenvalue weighted by Gasteiger charge is 2.74. The van der Waals surface area contributed by atoms with Crippen molar-refractivity contribution < 1.29 is 133 Å². The number of halogens is 14. The van der Waals surface area contributed by atoms with Crippen molar-refractivity contribution in [2.75, 3.05) is 179 Å². The van der Waals surface area contributed by atoms with Gasteiger partial charge in [0.1, 0.15) is 11.5 Å². The molecule has 0 saturated carbocycles. The lowest BCUT2D eigenvalue weighted by molar-refractivity contribution is -0.358. The second kappa shape index (κ2) is 35.4. The Morgan fingerprint density at radius 1 is 0.304 bits per heavy atom. The number of ether oxygens (including phenoxy) is 15. The predicted molar refractivity (Wildman–Crippen MR) is 210 cm³/mol. The summed E-state index contributed by atoms with van der Waals surface area (Å²) in [7, 11) is 1.61. The first-order valence-corrected chi connectivity index (χ1v) is 21.0. The molecular formula is C40H60F14O15. The van der Waals surface area contributed by atoms with Crippen LogP contribution in [-0.2, 0) is 68.2 Å². The number of hydrogen-bond acceptors (Lipinski definition) is 15. The minimum atomic E-state index is -6.72. The van der Waals surface area contributed by atoms with Gasteiger partial charge in [0.15, 0.2) is 13.2 Å². The van der Waals surface area contributed by atoms with E-state index >= 15 is 0 Å². The number of hydrogen-bond donors (Lipinski definition) is 0. The first-order valence-electron chi connectivity index (χ1n) is 21.0. The molecule has 0 heterocycles. The van der Waals surface area contributed by atoms with Gasteiger partial charge in [0.25, 0.3) is 0 Å². The maximum absolute atomic E-state index is 13.8. The number of rotatable bonds is 46. The van der Waals surface area contributed by atoms with Gasteiger partial charge in [-0.05, 0) is 17.7 Å². The van der Waals surface area contributed by atoms with Gasteiger partial charge >= 0.3 is 36.0 Å². The average Bonchev–Trinajstić information content (AvgIpc) is 3.28. The fraction of sp³-hybridized carbons (Fsp3) is 0.850. The SMILES string of the molecule is COCCOCCOCCOCCOCCOCCOCCOCCOCCOCCOCCOCCOCc1cc(OCC(F)(F)C(F)(F)C(F)(F)F)cc(OCC(F)(F)C(F)(F)C(F)(F)F)c1. The van der Waals surface area contributed by atoms with Crippen molar-refractivity contribution in [3.8, 4) is 11.5 Å². The molecular weight excluding hydrogens is 986 g/mol. The van der Waals surface area contributed by atoms with Crippen LogP contribution in [0, 0.1) is 0 Å². The Hall–Kier alpha value is -2.68. The van der Waals surface area contributed by atoms with Crippen molar-refractivity contribution >= 4 is 0 Å². The summed E-state index contributed by atoms with van der Waals surface area (Å²) < 4.78 is 261. The van der Waals surface area contributed by atoms with E-state index in [1.165, 1.54) is 0 Å². The Kier molecular flexibility index (Phi) is 33.0. The van der Waals surface area contributed by atoms with E-state index in [0.29, 0.717) is 131 Å². The fourth-order valence-corrected chi connectivity index (χ4v) is 4.58. The van der Waals surface area contributed by atoms with E-state index in [9.17, 15) is 61.5 Å². The molecule has 0 aliphatic carbocycles. The monoisotopic (exact) mass is 1050 g/mol. The summed E-state index contributed by atoms with van der Waals surface area (Å²) in [6.07, 6.45) is -13.4. The van der Waals surface area contributed by atoms with Gasteiger partial charge in [0, 0.05) is 13.2 Å². The zero-order valence-electron chi connectivity index (χ0n) is 37.7. The fourth-order valence-electron chi connectivity index (χ4n) is 4.58. The van der Waals surface area contributed by atoms with Crippen LogP contribution in [0.3, 0.4) is 0 Å². The molecule has 1 aromatic rings. The Morgan fingerprint density at radius 2 is 0.522 bits per heavy atom. The van der Waals surface area contributed by atoms with Gasteiger partial charge in [0.2, 0.25) is 0 Å². The van der Waals surface area contributed by atoms with Crippen molar-refractivity contribution in [3.05, 3.63) is 23.8 Å². The standard InChI is InChI=1S/C40H60F14O15/c1-55-2-3-56-4-5-57-6-7-58-8-9-59-10-11-60-12-13-61-14-15-62-16-17-63-18-19-64-20-21-65-22-23-66-24-25-67-29-32-26-33(68-30-35(41,42)37(45,46)39(49,50)51)28-34(27-32)69-31-36(43,44)38(47,48)40(52,53)54/h26-28H,2-25,29-31H2,1H3. The molecule has 0 amide bonds. The molecule has 1 rings (SSSR count). The Bertz CT molecular complexity index is 1360. The van der Waals surface area contributed by atoms with Gasteiger partial charge in [-0.15, -0.1) is 0 Å². The third kappa shape index (κ3) is 28.2. The van der Waals surface area contributed by atoms with Crippen LogP contribution in [0.2, 0.25) is 0 Å². The molecule has 0 atom stereocenters. The molecule has 0 N–H and O–H groups in total. The summed E-state index contributed by atoms with van der Waals surface area (Å²) in [5.74, 6) is -27.1. The maximum Gasteiger partial charge on any atom is 0.460 e. The van der Waals surface area contributed by atoms with Gasteiger partial charge in [-0.3, -0.25) is 0 Å². The van der Waals surface area contributed by atoms with Gasteiger partial charge in [-0.2, -0.15) is 61.5 Å². The zero-order valence-corrected chi connectivity index (χ0v) is 37.7. The second-order valence-electron chi connectivity index (χ2n) is 13.7. The highest BCUT2D eigenvalue weighted by molar-refractivity contribution is 5.38. The summed E-state index contributed by atoms with van der Waals surface area (Å²) in [6, 6.07) is 1.68. The number of methoxy groups -OCH3 is 1. The summed E-state index contributed by atoms with van der Waals surface area (Å²) in [5.41, 5.74) is -0.311. The van der Waals surface area contributed by atoms with Crippen molar-refractivity contribution in [2.24, 2.45) is 0 Å². The quantitative estimate of drug-likeness (QED) is 0.0522. The highest BCUT2D eigenvalue weighted by atomic mass is 19.4. The molecule has 0 unspecified atom stereocenters. The maximum atomic E-state index is 13.8. The van der Waals surface area contributed by atoms with Crippen molar-refractivity contribution in [1.82, 2.24) is 0 Å². The van der Waals surface area contributed by atoms with E-state index in [-0.39, 0.29) is 51.8 Å². The molecule has 408 valence electrons. The van der Waals surface area contributed by atoms with E-state index in [0.717, 1.165) is 0 Å². The van der Waals surface area contributed by atoms with Crippen LogP contribution < -0.4 is 9.47 Å². The lowest BCUT2D eigenvalue weighted by atomic mass is 10.1. The number of benzene rings is 1. The van der Waals surface area contributed by atoms with Gasteiger partial charge < -0.3 is 71.1 Å². The van der Waals surface area contributed by atoms with E-state index in [1.807, 2.05) is 0 Å². The van der Waals surface area contributed by atoms with Crippen molar-refractivity contribution in [3.63, 3.8) is 0 Å². The van der Waals surface area contributed by atoms with Crippen molar-refractivity contribution in [1.29, 1.82) is 0 Å². The summed E-state index contributed by atoms with van der Waals surface area (Å²) in [4.78, 5) is 0. The number of alkyl halides is 14. The van der Waals surface area contributed by atoms with Crippen LogP contribution in [0.15, 0.2) is 18.2 Å². The summed E-state index contributed by atoms with van der Waals surface area (Å²) in [5, 5.41) is 0. The average molecular weight is 1050 g/mol. The largest absolute Gasteiger partial charge is 0.487 e. The topological polar surface area (TPSA) is 138 Å². The molecule has 0 aromatic heterocycles. The van der Waals surface area contributed by atoms with E-state index in [1.54, 1.807) is 7.11 Å². The third-order valence-corrected chi connectivity index (χ3v) is 8.20. The van der Waals surface area contributed by atoms with Crippen LogP contribution in [0.4, 0.5) is 61.5 Å². The summed E-state index contributed by atoms with van der Waals surface area (Å²) >= 11 is 0. The van der Waals surface area contributed by atoms with Crippen LogP contribution >= 0.6 is 0 Å². The minimum absolute atomic E-state index is 0.0543. The summed E-state index contributed by atoms with van der Waals surface area (Å²) in [6.45, 7) is 1.98. The van der Waals surface area contributed by atoms with E-state index in [4.69, 9.17) is 61.6 Å². The molecule has 0 aliphatic heterocycles. The van der Waals surface area contributed by atoms with Crippen LogP contribution in [0.1, 0.15) is 5.56 Å². The van der Waals surface area contributed by atoms with Crippen LogP contribution in [0.5, 0.6) is 11.5 Å². The molecule has 69 heavy (non-hydrogen) atoms. The lowest BCUT2D eigenvalue weighted by Crippen LogP contribution is -2.54. The molecule has 0 bridgehead atoms. The normalized spacial score (nSPS) is 13.1. The van der Waals surface area contributed by atoms with Gasteiger partial charge in [-0.1, -0.05) is 0 Å². The Balaban J connectivity index is 2.11. The first kappa shape index (κ1) is 64.3. The van der Waals surface area contributed by atoms with Gasteiger partial charge in [0.05, 0.1) is 165 Å². The Morgan fingerprint density at radius 3 is 0.739 bits per heavy atom. The molecule has 1 aromatic carbocycles.